The molecule has 5 nitrogen and oxygen atoms in total. The summed E-state index contributed by atoms with van der Waals surface area (Å²) in [5.41, 5.74) is 5.42. The second kappa shape index (κ2) is 8.66. The number of benzene rings is 1. The van der Waals surface area contributed by atoms with Crippen LogP contribution < -0.4 is 16.4 Å². The van der Waals surface area contributed by atoms with E-state index in [-0.39, 0.29) is 42.7 Å². The lowest BCUT2D eigenvalue weighted by atomic mass is 9.92. The van der Waals surface area contributed by atoms with Crippen LogP contribution in [0.15, 0.2) is 28.7 Å². The molecule has 0 fully saturated rings. The number of nitrogens with one attached hydrogen (secondary N) is 2. The Morgan fingerprint density at radius 1 is 1.13 bits per heavy atom. The average Bonchev–Trinajstić information content (AvgIpc) is 2.36. The average molecular weight is 407 g/mol. The van der Waals surface area contributed by atoms with Gasteiger partial charge in [-0.3, -0.25) is 9.59 Å². The Morgan fingerprint density at radius 3 is 2.13 bits per heavy atom. The number of hydrogen-bond acceptors (Lipinski definition) is 3. The summed E-state index contributed by atoms with van der Waals surface area (Å²) >= 11 is 3.35. The van der Waals surface area contributed by atoms with E-state index in [4.69, 9.17) is 5.73 Å². The lowest BCUT2D eigenvalue weighted by molar-refractivity contribution is -0.126. The highest BCUT2D eigenvalue weighted by molar-refractivity contribution is 9.10. The minimum atomic E-state index is -1.14. The van der Waals surface area contributed by atoms with Crippen molar-refractivity contribution in [3.05, 3.63) is 34.3 Å². The third-order valence-corrected chi connectivity index (χ3v) is 3.60. The number of carbonyl (C=O) groups is 2. The summed E-state index contributed by atoms with van der Waals surface area (Å²) in [6, 6.07) is 7.28. The predicted molar refractivity (Wildman–Crippen MR) is 98.5 cm³/mol. The fraction of sp³-hybridized carbons (Fsp3) is 0.500. The van der Waals surface area contributed by atoms with E-state index in [0.29, 0.717) is 5.56 Å². The molecule has 0 saturated heterocycles. The molecule has 0 aliphatic heterocycles. The Hall–Kier alpha value is -1.11. The van der Waals surface area contributed by atoms with Gasteiger partial charge in [-0.1, -0.05) is 28.1 Å². The van der Waals surface area contributed by atoms with Crippen LogP contribution in [0, 0.1) is 0 Å². The first kappa shape index (κ1) is 21.9. The Labute approximate surface area is 152 Å². The molecular weight excluding hydrogens is 382 g/mol. The second-order valence-corrected chi connectivity index (χ2v) is 7.43. The Balaban J connectivity index is 0.00000484. The molecule has 1 rings (SSSR count). The number of rotatable bonds is 5. The maximum Gasteiger partial charge on any atom is 0.244 e. The Bertz CT molecular complexity index is 539. The van der Waals surface area contributed by atoms with Gasteiger partial charge in [-0.2, -0.15) is 0 Å². The van der Waals surface area contributed by atoms with Gasteiger partial charge in [-0.15, -0.1) is 12.4 Å². The van der Waals surface area contributed by atoms with Gasteiger partial charge in [0.15, 0.2) is 0 Å². The Morgan fingerprint density at radius 2 is 1.65 bits per heavy atom. The highest BCUT2D eigenvalue weighted by Crippen LogP contribution is 2.20. The topological polar surface area (TPSA) is 84.2 Å². The summed E-state index contributed by atoms with van der Waals surface area (Å²) < 4.78 is 0.923. The molecule has 1 atom stereocenters. The van der Waals surface area contributed by atoms with Gasteiger partial charge in [-0.05, 0) is 45.4 Å². The van der Waals surface area contributed by atoms with Crippen LogP contribution in [0.2, 0.25) is 0 Å². The smallest absolute Gasteiger partial charge is 0.244 e. The van der Waals surface area contributed by atoms with Crippen molar-refractivity contribution in [1.29, 1.82) is 0 Å². The molecule has 0 radical (unpaired) electrons. The van der Waals surface area contributed by atoms with Gasteiger partial charge in [0.05, 0.1) is 0 Å². The minimum absolute atomic E-state index is 0. The van der Waals surface area contributed by atoms with E-state index < -0.39 is 5.54 Å². The van der Waals surface area contributed by atoms with Crippen molar-refractivity contribution < 1.29 is 9.59 Å². The van der Waals surface area contributed by atoms with Crippen LogP contribution in [0.25, 0.3) is 0 Å². The molecule has 0 aliphatic rings. The van der Waals surface area contributed by atoms with E-state index >= 15 is 0 Å². The van der Waals surface area contributed by atoms with Crippen molar-refractivity contribution in [2.45, 2.75) is 45.2 Å². The molecule has 0 aliphatic carbocycles. The largest absolute Gasteiger partial charge is 0.354 e. The third-order valence-electron chi connectivity index (χ3n) is 3.07. The van der Waals surface area contributed by atoms with Crippen molar-refractivity contribution in [3.8, 4) is 0 Å². The molecular formula is C16H25BrClN3O2. The normalized spacial score (nSPS) is 13.5. The predicted octanol–water partition coefficient (Wildman–Crippen LogP) is 2.47. The first-order valence-corrected chi connectivity index (χ1v) is 7.96. The van der Waals surface area contributed by atoms with Crippen molar-refractivity contribution in [2.24, 2.45) is 5.73 Å². The number of nitrogens with two attached hydrogens (primary N) is 1. The first-order chi connectivity index (χ1) is 10.0. The van der Waals surface area contributed by atoms with Crippen LogP contribution in [0.5, 0.6) is 0 Å². The number of carbonyl (C=O) groups excluding carboxylic acids is 2. The highest BCUT2D eigenvalue weighted by Gasteiger charge is 2.30. The molecule has 0 spiro atoms. The molecule has 4 N–H and O–H groups in total. The van der Waals surface area contributed by atoms with Crippen LogP contribution >= 0.6 is 28.3 Å². The summed E-state index contributed by atoms with van der Waals surface area (Å²) in [5.74, 6) is -0.409. The van der Waals surface area contributed by atoms with Crippen LogP contribution in [0.3, 0.4) is 0 Å². The van der Waals surface area contributed by atoms with Gasteiger partial charge < -0.3 is 16.4 Å². The number of halogens is 2. The van der Waals surface area contributed by atoms with E-state index in [1.807, 2.05) is 32.9 Å². The van der Waals surface area contributed by atoms with Gasteiger partial charge in [0, 0.05) is 23.0 Å². The minimum Gasteiger partial charge on any atom is -0.354 e. The SMILES string of the molecule is CC(C)(C)NC(=O)CCNC(=O)C(C)(N)c1ccc(Br)cc1.Cl. The molecule has 1 aromatic carbocycles. The second-order valence-electron chi connectivity index (χ2n) is 6.51. The summed E-state index contributed by atoms with van der Waals surface area (Å²) in [6.45, 7) is 7.64. The molecule has 1 aromatic rings. The zero-order valence-electron chi connectivity index (χ0n) is 13.9. The molecule has 23 heavy (non-hydrogen) atoms. The van der Waals surface area contributed by atoms with E-state index in [2.05, 4.69) is 26.6 Å². The number of hydrogen-bond donors (Lipinski definition) is 3. The number of amides is 2. The highest BCUT2D eigenvalue weighted by atomic mass is 79.9. The zero-order valence-corrected chi connectivity index (χ0v) is 16.3. The lowest BCUT2D eigenvalue weighted by Gasteiger charge is -2.24. The van der Waals surface area contributed by atoms with Gasteiger partial charge in [0.25, 0.3) is 0 Å². The lowest BCUT2D eigenvalue weighted by Crippen LogP contribution is -2.50. The van der Waals surface area contributed by atoms with Crippen LogP contribution in [-0.2, 0) is 15.1 Å². The fourth-order valence-corrected chi connectivity index (χ4v) is 2.15. The van der Waals surface area contributed by atoms with E-state index in [1.165, 1.54) is 0 Å². The van der Waals surface area contributed by atoms with Gasteiger partial charge in [0.1, 0.15) is 5.54 Å². The standard InChI is InChI=1S/C16H24BrN3O2.ClH/c1-15(2,3)20-13(21)9-10-19-14(22)16(4,18)11-5-7-12(17)8-6-11;/h5-8H,9-10,18H2,1-4H3,(H,19,22)(H,20,21);1H. The monoisotopic (exact) mass is 405 g/mol. The van der Waals surface area contributed by atoms with Gasteiger partial charge in [-0.25, -0.2) is 0 Å². The summed E-state index contributed by atoms with van der Waals surface area (Å²) in [4.78, 5) is 23.9. The first-order valence-electron chi connectivity index (χ1n) is 7.16. The zero-order chi connectivity index (χ0) is 17.0. The molecule has 0 heterocycles. The maximum atomic E-state index is 12.2. The van der Waals surface area contributed by atoms with E-state index in [1.54, 1.807) is 19.1 Å². The molecule has 0 saturated carbocycles. The summed E-state index contributed by atoms with van der Waals surface area (Å²) in [5, 5.41) is 5.56. The van der Waals surface area contributed by atoms with Crippen LogP contribution in [0.1, 0.15) is 39.7 Å². The van der Waals surface area contributed by atoms with Crippen LogP contribution in [0.4, 0.5) is 0 Å². The van der Waals surface area contributed by atoms with E-state index in [0.717, 1.165) is 4.47 Å². The summed E-state index contributed by atoms with van der Waals surface area (Å²) in [6.07, 6.45) is 0.222. The molecule has 2 amide bonds. The van der Waals surface area contributed by atoms with Crippen molar-refractivity contribution >= 4 is 40.2 Å². The van der Waals surface area contributed by atoms with E-state index in [9.17, 15) is 9.59 Å². The fourth-order valence-electron chi connectivity index (χ4n) is 1.88. The maximum absolute atomic E-state index is 12.2. The molecule has 7 heteroatoms. The van der Waals surface area contributed by atoms with Crippen molar-refractivity contribution in [3.63, 3.8) is 0 Å². The van der Waals surface area contributed by atoms with Gasteiger partial charge >= 0.3 is 0 Å². The molecule has 0 bridgehead atoms. The van der Waals surface area contributed by atoms with Gasteiger partial charge in [0.2, 0.25) is 11.8 Å². The summed E-state index contributed by atoms with van der Waals surface area (Å²) in [7, 11) is 0. The van der Waals surface area contributed by atoms with Crippen molar-refractivity contribution in [2.75, 3.05) is 6.54 Å². The third kappa shape index (κ3) is 7.33. The molecule has 1 unspecified atom stereocenters. The molecule has 0 aromatic heterocycles. The van der Waals surface area contributed by atoms with Crippen LogP contribution in [-0.4, -0.2) is 23.9 Å². The van der Waals surface area contributed by atoms with Crippen molar-refractivity contribution in [1.82, 2.24) is 10.6 Å². The quantitative estimate of drug-likeness (QED) is 0.702. The Kier molecular flexibility index (Phi) is 8.24. The molecule has 130 valence electrons.